The van der Waals surface area contributed by atoms with Crippen molar-refractivity contribution in [3.8, 4) is 0 Å². The number of nitrogens with one attached hydrogen (secondary N) is 1. The Morgan fingerprint density at radius 1 is 1.11 bits per heavy atom. The van der Waals surface area contributed by atoms with Gasteiger partial charge < -0.3 is 11.1 Å². The zero-order valence-corrected chi connectivity index (χ0v) is 9.47. The van der Waals surface area contributed by atoms with Crippen LogP contribution in [0.15, 0.2) is 24.3 Å². The van der Waals surface area contributed by atoms with Crippen LogP contribution in [0, 0.1) is 24.4 Å². The van der Waals surface area contributed by atoms with E-state index in [0.717, 1.165) is 12.1 Å². The van der Waals surface area contributed by atoms with Gasteiger partial charge in [0.05, 0.1) is 5.69 Å². The third kappa shape index (κ3) is 2.37. The van der Waals surface area contributed by atoms with E-state index in [1.54, 1.807) is 19.1 Å². The molecule has 0 spiro atoms. The molecule has 0 fully saturated rings. The first-order valence-corrected chi connectivity index (χ1v) is 5.12. The summed E-state index contributed by atoms with van der Waals surface area (Å²) in [5.41, 5.74) is 6.71. The number of aryl methyl sites for hydroxylation is 1. The summed E-state index contributed by atoms with van der Waals surface area (Å²) in [6.45, 7) is 1.75. The maximum Gasteiger partial charge on any atom is 0.194 e. The molecule has 18 heavy (non-hydrogen) atoms. The molecule has 3 N–H and O–H groups in total. The molecule has 0 bridgehead atoms. The Labute approximate surface area is 101 Å². The second-order valence-electron chi connectivity index (χ2n) is 3.77. The molecule has 0 aliphatic carbocycles. The van der Waals surface area contributed by atoms with Crippen LogP contribution in [0.4, 0.5) is 30.4 Å². The lowest BCUT2D eigenvalue weighted by atomic mass is 10.2. The first kappa shape index (κ1) is 12.2. The molecule has 0 amide bonds. The van der Waals surface area contributed by atoms with Gasteiger partial charge >= 0.3 is 0 Å². The normalized spacial score (nSPS) is 10.4. The van der Waals surface area contributed by atoms with Crippen LogP contribution in [0.1, 0.15) is 5.69 Å². The molecule has 0 atom stereocenters. The summed E-state index contributed by atoms with van der Waals surface area (Å²) in [5.74, 6) is -3.79. The first-order valence-electron chi connectivity index (χ1n) is 5.12. The number of hydrogen-bond donors (Lipinski definition) is 2. The van der Waals surface area contributed by atoms with Gasteiger partial charge in [0.1, 0.15) is 0 Å². The molecule has 2 rings (SSSR count). The fraction of sp³-hybridized carbons (Fsp3) is 0.0833. The van der Waals surface area contributed by atoms with Crippen LogP contribution in [0.3, 0.4) is 0 Å². The molecular formula is C12H10F3N3. The summed E-state index contributed by atoms with van der Waals surface area (Å²) in [6.07, 6.45) is 0. The number of pyridine rings is 1. The van der Waals surface area contributed by atoms with E-state index in [-0.39, 0.29) is 11.5 Å². The Hall–Kier alpha value is -2.24. The summed E-state index contributed by atoms with van der Waals surface area (Å²) in [6, 6.07) is 4.98. The van der Waals surface area contributed by atoms with Crippen molar-refractivity contribution >= 4 is 17.2 Å². The van der Waals surface area contributed by atoms with E-state index in [0.29, 0.717) is 11.4 Å². The molecule has 0 saturated heterocycles. The molecule has 0 unspecified atom stereocenters. The average Bonchev–Trinajstić information content (AvgIpc) is 2.31. The standard InChI is InChI=1S/C12H10F3N3/c1-6-2-3-10(16)12(17-6)18-7-4-8(13)11(15)9(14)5-7/h2-5H,16H2,1H3,(H,17,18). The monoisotopic (exact) mass is 253 g/mol. The average molecular weight is 253 g/mol. The quantitative estimate of drug-likeness (QED) is 0.808. The minimum atomic E-state index is -1.51. The third-order valence-corrected chi connectivity index (χ3v) is 2.31. The van der Waals surface area contributed by atoms with Crippen LogP contribution < -0.4 is 11.1 Å². The molecule has 0 saturated carbocycles. The fourth-order valence-corrected chi connectivity index (χ4v) is 1.43. The number of nitrogens with zero attached hydrogens (tertiary/aromatic N) is 1. The van der Waals surface area contributed by atoms with Crippen molar-refractivity contribution < 1.29 is 13.2 Å². The number of halogens is 3. The van der Waals surface area contributed by atoms with Crippen molar-refractivity contribution in [2.24, 2.45) is 0 Å². The molecule has 1 aromatic carbocycles. The van der Waals surface area contributed by atoms with Crippen LogP contribution >= 0.6 is 0 Å². The second kappa shape index (κ2) is 4.56. The number of benzene rings is 1. The highest BCUT2D eigenvalue weighted by Crippen LogP contribution is 2.23. The van der Waals surface area contributed by atoms with Crippen LogP contribution in [0.5, 0.6) is 0 Å². The number of nitrogen functional groups attached to an aromatic ring is 1. The van der Waals surface area contributed by atoms with E-state index in [4.69, 9.17) is 5.73 Å². The number of anilines is 3. The number of hydrogen-bond acceptors (Lipinski definition) is 3. The lowest BCUT2D eigenvalue weighted by Crippen LogP contribution is -2.02. The lowest BCUT2D eigenvalue weighted by molar-refractivity contribution is 0.448. The zero-order chi connectivity index (χ0) is 13.3. The number of rotatable bonds is 2. The van der Waals surface area contributed by atoms with E-state index >= 15 is 0 Å². The Morgan fingerprint density at radius 2 is 1.72 bits per heavy atom. The van der Waals surface area contributed by atoms with Crippen LogP contribution in [-0.2, 0) is 0 Å². The van der Waals surface area contributed by atoms with Gasteiger partial charge in [-0.3, -0.25) is 0 Å². The largest absolute Gasteiger partial charge is 0.396 e. The Kier molecular flexibility index (Phi) is 3.10. The van der Waals surface area contributed by atoms with Gasteiger partial charge in [0.15, 0.2) is 23.3 Å². The molecule has 1 aromatic heterocycles. The predicted octanol–water partition coefficient (Wildman–Crippen LogP) is 3.13. The van der Waals surface area contributed by atoms with Crippen LogP contribution in [-0.4, -0.2) is 4.98 Å². The molecule has 94 valence electrons. The van der Waals surface area contributed by atoms with Gasteiger partial charge in [-0.05, 0) is 19.1 Å². The van der Waals surface area contributed by atoms with Gasteiger partial charge in [-0.1, -0.05) is 0 Å². The van der Waals surface area contributed by atoms with Gasteiger partial charge in [-0.25, -0.2) is 18.2 Å². The number of nitrogens with two attached hydrogens (primary N) is 1. The summed E-state index contributed by atoms with van der Waals surface area (Å²) in [4.78, 5) is 4.08. The minimum Gasteiger partial charge on any atom is -0.396 e. The molecule has 0 aliphatic rings. The fourth-order valence-electron chi connectivity index (χ4n) is 1.43. The van der Waals surface area contributed by atoms with Crippen molar-refractivity contribution in [1.29, 1.82) is 0 Å². The molecule has 0 aliphatic heterocycles. The first-order chi connectivity index (χ1) is 8.47. The van der Waals surface area contributed by atoms with Crippen molar-refractivity contribution in [3.63, 3.8) is 0 Å². The SMILES string of the molecule is Cc1ccc(N)c(Nc2cc(F)c(F)c(F)c2)n1. The highest BCUT2D eigenvalue weighted by molar-refractivity contribution is 5.68. The van der Waals surface area contributed by atoms with Gasteiger partial charge in [-0.15, -0.1) is 0 Å². The van der Waals surface area contributed by atoms with E-state index in [1.807, 2.05) is 0 Å². The lowest BCUT2D eigenvalue weighted by Gasteiger charge is -2.09. The van der Waals surface area contributed by atoms with Gasteiger partial charge in [0.25, 0.3) is 0 Å². The highest BCUT2D eigenvalue weighted by atomic mass is 19.2. The topological polar surface area (TPSA) is 50.9 Å². The Morgan fingerprint density at radius 3 is 2.33 bits per heavy atom. The highest BCUT2D eigenvalue weighted by Gasteiger charge is 2.11. The van der Waals surface area contributed by atoms with Crippen molar-refractivity contribution in [1.82, 2.24) is 4.98 Å². The summed E-state index contributed by atoms with van der Waals surface area (Å²) in [5, 5.41) is 2.64. The summed E-state index contributed by atoms with van der Waals surface area (Å²) in [7, 11) is 0. The predicted molar refractivity (Wildman–Crippen MR) is 63.0 cm³/mol. The van der Waals surface area contributed by atoms with Crippen molar-refractivity contribution in [3.05, 3.63) is 47.4 Å². The van der Waals surface area contributed by atoms with Gasteiger partial charge in [0, 0.05) is 23.5 Å². The molecule has 3 nitrogen and oxygen atoms in total. The summed E-state index contributed by atoms with van der Waals surface area (Å²) < 4.78 is 38.8. The second-order valence-corrected chi connectivity index (χ2v) is 3.77. The smallest absolute Gasteiger partial charge is 0.194 e. The summed E-state index contributed by atoms with van der Waals surface area (Å²) >= 11 is 0. The van der Waals surface area contributed by atoms with Crippen molar-refractivity contribution in [2.75, 3.05) is 11.1 Å². The third-order valence-electron chi connectivity index (χ3n) is 2.31. The molecule has 1 heterocycles. The zero-order valence-electron chi connectivity index (χ0n) is 9.47. The van der Waals surface area contributed by atoms with Crippen LogP contribution in [0.25, 0.3) is 0 Å². The van der Waals surface area contributed by atoms with Gasteiger partial charge in [0.2, 0.25) is 0 Å². The molecular weight excluding hydrogens is 243 g/mol. The molecule has 6 heteroatoms. The van der Waals surface area contributed by atoms with E-state index in [1.165, 1.54) is 0 Å². The van der Waals surface area contributed by atoms with Crippen molar-refractivity contribution in [2.45, 2.75) is 6.92 Å². The maximum atomic E-state index is 13.0. The van der Waals surface area contributed by atoms with Gasteiger partial charge in [-0.2, -0.15) is 0 Å². The van der Waals surface area contributed by atoms with E-state index in [9.17, 15) is 13.2 Å². The van der Waals surface area contributed by atoms with Crippen LogP contribution in [0.2, 0.25) is 0 Å². The molecule has 2 aromatic rings. The Balaban J connectivity index is 2.37. The maximum absolute atomic E-state index is 13.0. The van der Waals surface area contributed by atoms with E-state index < -0.39 is 17.5 Å². The number of aromatic nitrogens is 1. The Bertz CT molecular complexity index is 576. The minimum absolute atomic E-state index is 0.0381. The molecule has 0 radical (unpaired) electrons. The van der Waals surface area contributed by atoms with E-state index in [2.05, 4.69) is 10.3 Å².